The molecule has 0 aliphatic carbocycles. The lowest BCUT2D eigenvalue weighted by atomic mass is 10.1. The van der Waals surface area contributed by atoms with Crippen molar-refractivity contribution in [3.63, 3.8) is 0 Å². The number of hydrogen-bond donors (Lipinski definition) is 1. The summed E-state index contributed by atoms with van der Waals surface area (Å²) in [6, 6.07) is 11.7. The number of nitrogens with zero attached hydrogens (tertiary/aromatic N) is 3. The van der Waals surface area contributed by atoms with Gasteiger partial charge in [-0.2, -0.15) is 0 Å². The van der Waals surface area contributed by atoms with Crippen LogP contribution in [0.25, 0.3) is 0 Å². The van der Waals surface area contributed by atoms with Crippen LogP contribution in [0.4, 0.5) is 5.82 Å². The summed E-state index contributed by atoms with van der Waals surface area (Å²) in [7, 11) is 0. The van der Waals surface area contributed by atoms with Crippen LogP contribution in [0.5, 0.6) is 5.75 Å². The Kier molecular flexibility index (Phi) is 4.21. The van der Waals surface area contributed by atoms with Gasteiger partial charge in [0.15, 0.2) is 5.78 Å². The maximum atomic E-state index is 12.4. The summed E-state index contributed by atoms with van der Waals surface area (Å²) in [6.07, 6.45) is 6.32. The molecular formula is C19H18BrN3O2. The van der Waals surface area contributed by atoms with E-state index in [2.05, 4.69) is 30.7 Å². The number of anilines is 1. The van der Waals surface area contributed by atoms with E-state index in [-0.39, 0.29) is 11.5 Å². The molecule has 2 bridgehead atoms. The highest BCUT2D eigenvalue weighted by Crippen LogP contribution is 2.33. The van der Waals surface area contributed by atoms with Crippen LogP contribution in [0.3, 0.4) is 0 Å². The van der Waals surface area contributed by atoms with Crippen LogP contribution in [-0.2, 0) is 0 Å². The van der Waals surface area contributed by atoms with Crippen molar-refractivity contribution >= 4 is 27.5 Å². The zero-order valence-electron chi connectivity index (χ0n) is 13.5. The number of fused-ring (bicyclic) bond motifs is 2. The molecule has 2 saturated heterocycles. The van der Waals surface area contributed by atoms with E-state index in [1.807, 2.05) is 30.6 Å². The molecular weight excluding hydrogens is 382 g/mol. The van der Waals surface area contributed by atoms with E-state index in [9.17, 15) is 9.90 Å². The van der Waals surface area contributed by atoms with E-state index in [1.54, 1.807) is 18.2 Å². The van der Waals surface area contributed by atoms with Gasteiger partial charge >= 0.3 is 0 Å². The Labute approximate surface area is 154 Å². The largest absolute Gasteiger partial charge is 0.507 e. The fourth-order valence-corrected chi connectivity index (χ4v) is 4.00. The van der Waals surface area contributed by atoms with Gasteiger partial charge in [0.25, 0.3) is 0 Å². The molecule has 6 heteroatoms. The number of likely N-dealkylation sites (tertiary alicyclic amines) is 1. The molecule has 25 heavy (non-hydrogen) atoms. The number of piperazine rings is 1. The molecule has 1 aromatic heterocycles. The number of carbonyl (C=O) groups excluding carboxylic acids is 1. The first kappa shape index (κ1) is 16.1. The number of halogens is 1. The molecule has 2 aliphatic rings. The Morgan fingerprint density at radius 1 is 1.24 bits per heavy atom. The van der Waals surface area contributed by atoms with Crippen molar-refractivity contribution in [2.24, 2.45) is 0 Å². The number of allylic oxidation sites excluding steroid dienone is 1. The molecule has 0 saturated carbocycles. The van der Waals surface area contributed by atoms with Crippen LogP contribution in [-0.4, -0.2) is 45.9 Å². The van der Waals surface area contributed by atoms with Gasteiger partial charge < -0.3 is 14.9 Å². The van der Waals surface area contributed by atoms with Crippen LogP contribution in [0, 0.1) is 0 Å². The SMILES string of the molecule is O=C(/C=C/N1C[C@H]2C[C@@H]1CN2c1ccccn1)c1cc(Br)ccc1O. The molecule has 3 heterocycles. The maximum absolute atomic E-state index is 12.4. The maximum Gasteiger partial charge on any atom is 0.191 e. The molecule has 1 N–H and O–H groups in total. The fourth-order valence-electron chi connectivity index (χ4n) is 3.64. The monoisotopic (exact) mass is 399 g/mol. The van der Waals surface area contributed by atoms with Crippen LogP contribution >= 0.6 is 15.9 Å². The first-order valence-electron chi connectivity index (χ1n) is 8.26. The average molecular weight is 400 g/mol. The lowest BCUT2D eigenvalue weighted by molar-refractivity contribution is 0.104. The van der Waals surface area contributed by atoms with E-state index < -0.39 is 0 Å². The number of pyridine rings is 1. The first-order valence-corrected chi connectivity index (χ1v) is 9.05. The zero-order chi connectivity index (χ0) is 17.4. The molecule has 2 aliphatic heterocycles. The van der Waals surface area contributed by atoms with Crippen LogP contribution in [0.2, 0.25) is 0 Å². The predicted octanol–water partition coefficient (Wildman–Crippen LogP) is 3.21. The Bertz CT molecular complexity index is 825. The van der Waals surface area contributed by atoms with Crippen LogP contribution in [0.15, 0.2) is 59.3 Å². The highest BCUT2D eigenvalue weighted by Gasteiger charge is 2.42. The highest BCUT2D eigenvalue weighted by atomic mass is 79.9. The second kappa shape index (κ2) is 6.52. The molecule has 2 aromatic rings. The second-order valence-electron chi connectivity index (χ2n) is 6.42. The van der Waals surface area contributed by atoms with Crippen molar-refractivity contribution in [3.05, 3.63) is 64.9 Å². The van der Waals surface area contributed by atoms with Gasteiger partial charge in [0, 0.05) is 48.1 Å². The van der Waals surface area contributed by atoms with Gasteiger partial charge in [-0.05, 0) is 36.8 Å². The number of aromatic hydroxyl groups is 1. The molecule has 5 nitrogen and oxygen atoms in total. The molecule has 2 atom stereocenters. The number of aromatic nitrogens is 1. The summed E-state index contributed by atoms with van der Waals surface area (Å²) in [6.45, 7) is 1.80. The Hall–Kier alpha value is -2.34. The van der Waals surface area contributed by atoms with E-state index >= 15 is 0 Å². The van der Waals surface area contributed by atoms with Crippen molar-refractivity contribution < 1.29 is 9.90 Å². The summed E-state index contributed by atoms with van der Waals surface area (Å²) >= 11 is 3.33. The fraction of sp³-hybridized carbons (Fsp3) is 0.263. The van der Waals surface area contributed by atoms with Crippen molar-refractivity contribution in [3.8, 4) is 5.75 Å². The van der Waals surface area contributed by atoms with E-state index in [0.717, 1.165) is 29.8 Å². The average Bonchev–Trinajstić information content (AvgIpc) is 3.23. The van der Waals surface area contributed by atoms with Gasteiger partial charge in [0.2, 0.25) is 0 Å². The Morgan fingerprint density at radius 3 is 2.84 bits per heavy atom. The van der Waals surface area contributed by atoms with E-state index in [4.69, 9.17) is 0 Å². The Balaban J connectivity index is 1.43. The topological polar surface area (TPSA) is 56.7 Å². The van der Waals surface area contributed by atoms with Gasteiger partial charge in [0.05, 0.1) is 5.56 Å². The summed E-state index contributed by atoms with van der Waals surface area (Å²) < 4.78 is 0.772. The molecule has 4 rings (SSSR count). The summed E-state index contributed by atoms with van der Waals surface area (Å²) in [4.78, 5) is 21.4. The predicted molar refractivity (Wildman–Crippen MR) is 99.8 cm³/mol. The zero-order valence-corrected chi connectivity index (χ0v) is 15.1. The van der Waals surface area contributed by atoms with Gasteiger partial charge in [-0.25, -0.2) is 4.98 Å². The Morgan fingerprint density at radius 2 is 2.12 bits per heavy atom. The third-order valence-corrected chi connectivity index (χ3v) is 5.36. The minimum atomic E-state index is -0.192. The highest BCUT2D eigenvalue weighted by molar-refractivity contribution is 9.10. The normalized spacial score (nSPS) is 22.1. The van der Waals surface area contributed by atoms with Gasteiger partial charge in [0.1, 0.15) is 11.6 Å². The summed E-state index contributed by atoms with van der Waals surface area (Å²) in [5.74, 6) is 0.832. The number of phenols is 1. The number of carbonyl (C=O) groups is 1. The minimum Gasteiger partial charge on any atom is -0.507 e. The lowest BCUT2D eigenvalue weighted by Gasteiger charge is -2.34. The molecule has 0 radical (unpaired) electrons. The van der Waals surface area contributed by atoms with E-state index in [1.165, 1.54) is 6.07 Å². The van der Waals surface area contributed by atoms with Gasteiger partial charge in [-0.1, -0.05) is 22.0 Å². The standard InChI is InChI=1S/C19H18BrN3O2/c20-13-4-5-17(24)16(9-13)18(25)6-8-22-11-15-10-14(22)12-23(15)19-3-1-2-7-21-19/h1-9,14-15,24H,10-12H2/b8-6+/t14-,15-/m1/s1. The third kappa shape index (κ3) is 3.14. The summed E-state index contributed by atoms with van der Waals surface area (Å²) in [5, 5.41) is 9.86. The molecule has 0 unspecified atom stereocenters. The minimum absolute atomic E-state index is 0.00196. The van der Waals surface area contributed by atoms with Crippen LogP contribution < -0.4 is 4.90 Å². The third-order valence-electron chi connectivity index (χ3n) is 4.87. The second-order valence-corrected chi connectivity index (χ2v) is 7.34. The molecule has 2 fully saturated rings. The number of phenolic OH excluding ortho intramolecular Hbond substituents is 1. The van der Waals surface area contributed by atoms with Gasteiger partial charge in [-0.15, -0.1) is 0 Å². The van der Waals surface area contributed by atoms with Crippen LogP contribution in [0.1, 0.15) is 16.8 Å². The molecule has 1 aromatic carbocycles. The molecule has 128 valence electrons. The molecule has 0 spiro atoms. The molecule has 0 amide bonds. The quantitative estimate of drug-likeness (QED) is 0.631. The first-order chi connectivity index (χ1) is 12.1. The van der Waals surface area contributed by atoms with Gasteiger partial charge in [-0.3, -0.25) is 4.79 Å². The number of hydrogen-bond acceptors (Lipinski definition) is 5. The van der Waals surface area contributed by atoms with E-state index in [0.29, 0.717) is 17.6 Å². The lowest BCUT2D eigenvalue weighted by Crippen LogP contribution is -2.44. The smallest absolute Gasteiger partial charge is 0.191 e. The number of rotatable bonds is 4. The number of ketones is 1. The van der Waals surface area contributed by atoms with Crippen molar-refractivity contribution in [2.45, 2.75) is 18.5 Å². The van der Waals surface area contributed by atoms with Crippen molar-refractivity contribution in [1.29, 1.82) is 0 Å². The summed E-state index contributed by atoms with van der Waals surface area (Å²) in [5.41, 5.74) is 0.310. The van der Waals surface area contributed by atoms with Crippen molar-refractivity contribution in [2.75, 3.05) is 18.0 Å². The number of benzene rings is 1. The van der Waals surface area contributed by atoms with Crippen molar-refractivity contribution in [1.82, 2.24) is 9.88 Å².